The van der Waals surface area contributed by atoms with Crippen molar-refractivity contribution < 1.29 is 19.8 Å². The van der Waals surface area contributed by atoms with Crippen LogP contribution in [0, 0.1) is 12.3 Å². The molecule has 6 heteroatoms. The molecule has 1 aromatic rings. The highest BCUT2D eigenvalue weighted by molar-refractivity contribution is 5.88. The lowest BCUT2D eigenvalue weighted by atomic mass is 9.71. The standard InChI is InChI=1S/C19H28N2O4/c1-13-5-6-14(17(23)24)9-15(13)10-20-16(22)11-21-8-7-19(4,25)18(2,3)12-21/h5-6,9,25H,7-8,10-12H2,1-4H3,(H,20,22)(H,23,24)/t19-/m0/s1. The highest BCUT2D eigenvalue weighted by Gasteiger charge is 2.44. The fourth-order valence-electron chi connectivity index (χ4n) is 3.11. The number of benzene rings is 1. The minimum Gasteiger partial charge on any atom is -0.478 e. The summed E-state index contributed by atoms with van der Waals surface area (Å²) < 4.78 is 0. The summed E-state index contributed by atoms with van der Waals surface area (Å²) in [5.41, 5.74) is 0.956. The smallest absolute Gasteiger partial charge is 0.335 e. The number of nitrogens with one attached hydrogen (secondary N) is 1. The topological polar surface area (TPSA) is 89.9 Å². The van der Waals surface area contributed by atoms with Gasteiger partial charge in [-0.15, -0.1) is 0 Å². The molecule has 1 saturated heterocycles. The molecule has 0 spiro atoms. The monoisotopic (exact) mass is 348 g/mol. The first-order valence-electron chi connectivity index (χ1n) is 8.56. The van der Waals surface area contributed by atoms with Gasteiger partial charge in [-0.1, -0.05) is 19.9 Å². The Hall–Kier alpha value is -1.92. The molecule has 1 atom stereocenters. The molecule has 1 amide bonds. The van der Waals surface area contributed by atoms with Crippen LogP contribution in [0.4, 0.5) is 0 Å². The van der Waals surface area contributed by atoms with Gasteiger partial charge in [-0.2, -0.15) is 0 Å². The van der Waals surface area contributed by atoms with Crippen molar-refractivity contribution in [2.75, 3.05) is 19.6 Å². The molecule has 1 aliphatic heterocycles. The van der Waals surface area contributed by atoms with Crippen LogP contribution in [-0.2, 0) is 11.3 Å². The zero-order chi connectivity index (χ0) is 18.8. The van der Waals surface area contributed by atoms with Crippen LogP contribution >= 0.6 is 0 Å². The Morgan fingerprint density at radius 3 is 2.56 bits per heavy atom. The number of carboxylic acids is 1. The number of piperidine rings is 1. The molecule has 0 unspecified atom stereocenters. The molecule has 138 valence electrons. The molecule has 2 rings (SSSR count). The fourth-order valence-corrected chi connectivity index (χ4v) is 3.11. The third kappa shape index (κ3) is 4.58. The first-order valence-corrected chi connectivity index (χ1v) is 8.56. The van der Waals surface area contributed by atoms with Crippen LogP contribution in [0.25, 0.3) is 0 Å². The van der Waals surface area contributed by atoms with Gasteiger partial charge in [0.1, 0.15) is 0 Å². The summed E-state index contributed by atoms with van der Waals surface area (Å²) in [5, 5.41) is 22.4. The van der Waals surface area contributed by atoms with Crippen molar-refractivity contribution >= 4 is 11.9 Å². The quantitative estimate of drug-likeness (QED) is 0.755. The zero-order valence-corrected chi connectivity index (χ0v) is 15.4. The Kier molecular flexibility index (Phi) is 5.54. The molecule has 0 radical (unpaired) electrons. The number of aromatic carboxylic acids is 1. The highest BCUT2D eigenvalue weighted by Crippen LogP contribution is 2.37. The second kappa shape index (κ2) is 7.14. The van der Waals surface area contributed by atoms with E-state index in [-0.39, 0.29) is 23.4 Å². The van der Waals surface area contributed by atoms with E-state index >= 15 is 0 Å². The van der Waals surface area contributed by atoms with Crippen molar-refractivity contribution in [2.45, 2.75) is 46.3 Å². The van der Waals surface area contributed by atoms with Gasteiger partial charge in [0, 0.05) is 25.0 Å². The fraction of sp³-hybridized carbons (Fsp3) is 0.579. The van der Waals surface area contributed by atoms with Crippen molar-refractivity contribution in [3.05, 3.63) is 34.9 Å². The molecule has 0 saturated carbocycles. The summed E-state index contributed by atoms with van der Waals surface area (Å²) in [6, 6.07) is 4.91. The minimum absolute atomic E-state index is 0.0996. The normalized spacial score (nSPS) is 23.2. The van der Waals surface area contributed by atoms with Crippen LogP contribution in [0.1, 0.15) is 48.7 Å². The number of hydrogen-bond donors (Lipinski definition) is 3. The third-order valence-corrected chi connectivity index (χ3v) is 5.43. The van der Waals surface area contributed by atoms with Gasteiger partial charge in [0.2, 0.25) is 5.91 Å². The number of nitrogens with zero attached hydrogens (tertiary/aromatic N) is 1. The van der Waals surface area contributed by atoms with Crippen LogP contribution < -0.4 is 5.32 Å². The molecule has 3 N–H and O–H groups in total. The van der Waals surface area contributed by atoms with Crippen molar-refractivity contribution in [2.24, 2.45) is 5.41 Å². The van der Waals surface area contributed by atoms with E-state index in [0.717, 1.165) is 11.1 Å². The zero-order valence-electron chi connectivity index (χ0n) is 15.4. The van der Waals surface area contributed by atoms with E-state index in [2.05, 4.69) is 5.32 Å². The Balaban J connectivity index is 1.92. The van der Waals surface area contributed by atoms with E-state index in [1.54, 1.807) is 18.2 Å². The first-order chi connectivity index (χ1) is 11.5. The predicted octanol–water partition coefficient (Wildman–Crippen LogP) is 1.79. The van der Waals surface area contributed by atoms with E-state index in [9.17, 15) is 14.7 Å². The Labute approximate surface area is 148 Å². The number of carbonyl (C=O) groups is 2. The van der Waals surface area contributed by atoms with Crippen molar-refractivity contribution in [1.82, 2.24) is 10.2 Å². The molecular weight excluding hydrogens is 320 g/mol. The van der Waals surface area contributed by atoms with Gasteiger partial charge >= 0.3 is 5.97 Å². The van der Waals surface area contributed by atoms with E-state index in [4.69, 9.17) is 5.11 Å². The second-order valence-electron chi connectivity index (χ2n) is 7.84. The average Bonchev–Trinajstić information content (AvgIpc) is 2.50. The molecule has 1 fully saturated rings. The second-order valence-corrected chi connectivity index (χ2v) is 7.84. The number of aryl methyl sites for hydroxylation is 1. The van der Waals surface area contributed by atoms with Crippen molar-refractivity contribution in [3.63, 3.8) is 0 Å². The molecular formula is C19H28N2O4. The molecule has 1 heterocycles. The Bertz CT molecular complexity index is 667. The maximum atomic E-state index is 12.3. The molecule has 0 aliphatic carbocycles. The lowest BCUT2D eigenvalue weighted by Gasteiger charge is -2.48. The van der Waals surface area contributed by atoms with E-state index < -0.39 is 11.6 Å². The number of amides is 1. The van der Waals surface area contributed by atoms with E-state index in [0.29, 0.717) is 26.1 Å². The molecule has 6 nitrogen and oxygen atoms in total. The lowest BCUT2D eigenvalue weighted by molar-refractivity contribution is -0.129. The van der Waals surface area contributed by atoms with Crippen LogP contribution in [0.5, 0.6) is 0 Å². The molecule has 25 heavy (non-hydrogen) atoms. The number of aliphatic hydroxyl groups is 1. The summed E-state index contributed by atoms with van der Waals surface area (Å²) in [5.74, 6) is -1.08. The Morgan fingerprint density at radius 2 is 1.96 bits per heavy atom. The average molecular weight is 348 g/mol. The van der Waals surface area contributed by atoms with Crippen LogP contribution in [0.15, 0.2) is 18.2 Å². The third-order valence-electron chi connectivity index (χ3n) is 5.43. The minimum atomic E-state index is -0.977. The maximum Gasteiger partial charge on any atom is 0.335 e. The number of hydrogen-bond acceptors (Lipinski definition) is 4. The van der Waals surface area contributed by atoms with Crippen LogP contribution in [-0.4, -0.2) is 52.2 Å². The number of carbonyl (C=O) groups excluding carboxylic acids is 1. The maximum absolute atomic E-state index is 12.3. The summed E-state index contributed by atoms with van der Waals surface area (Å²) in [7, 11) is 0. The van der Waals surface area contributed by atoms with Gasteiger partial charge in [0.05, 0.1) is 17.7 Å². The van der Waals surface area contributed by atoms with Crippen molar-refractivity contribution in [3.8, 4) is 0 Å². The van der Waals surface area contributed by atoms with Gasteiger partial charge in [-0.3, -0.25) is 9.69 Å². The number of carboxylic acid groups (broad SMARTS) is 1. The molecule has 1 aliphatic rings. The first kappa shape index (κ1) is 19.4. The van der Waals surface area contributed by atoms with Gasteiger partial charge < -0.3 is 15.5 Å². The summed E-state index contributed by atoms with van der Waals surface area (Å²) in [4.78, 5) is 25.4. The van der Waals surface area contributed by atoms with Gasteiger partial charge in [0.15, 0.2) is 0 Å². The largest absolute Gasteiger partial charge is 0.478 e. The molecule has 1 aromatic carbocycles. The van der Waals surface area contributed by atoms with Gasteiger partial charge in [0.25, 0.3) is 0 Å². The van der Waals surface area contributed by atoms with Crippen LogP contribution in [0.2, 0.25) is 0 Å². The summed E-state index contributed by atoms with van der Waals surface area (Å²) >= 11 is 0. The van der Waals surface area contributed by atoms with E-state index in [1.165, 1.54) is 0 Å². The van der Waals surface area contributed by atoms with Crippen molar-refractivity contribution in [1.29, 1.82) is 0 Å². The Morgan fingerprint density at radius 1 is 1.28 bits per heavy atom. The summed E-state index contributed by atoms with van der Waals surface area (Å²) in [6.07, 6.45) is 0.632. The molecule has 0 bridgehead atoms. The molecule has 0 aromatic heterocycles. The van der Waals surface area contributed by atoms with Gasteiger partial charge in [-0.05, 0) is 43.5 Å². The SMILES string of the molecule is Cc1ccc(C(=O)O)cc1CNC(=O)CN1CC[C@](C)(O)C(C)(C)C1. The number of rotatable bonds is 5. The number of likely N-dealkylation sites (tertiary alicyclic amines) is 1. The predicted molar refractivity (Wildman–Crippen MR) is 95.4 cm³/mol. The highest BCUT2D eigenvalue weighted by atomic mass is 16.4. The van der Waals surface area contributed by atoms with Crippen LogP contribution in [0.3, 0.4) is 0 Å². The summed E-state index contributed by atoms with van der Waals surface area (Å²) in [6.45, 7) is 9.68. The van der Waals surface area contributed by atoms with Gasteiger partial charge in [-0.25, -0.2) is 4.79 Å². The van der Waals surface area contributed by atoms with E-state index in [1.807, 2.05) is 32.6 Å². The lowest BCUT2D eigenvalue weighted by Crippen LogP contribution is -2.57.